The second kappa shape index (κ2) is 9.71. The minimum absolute atomic E-state index is 0.00750. The van der Waals surface area contributed by atoms with Gasteiger partial charge in [0.1, 0.15) is 5.75 Å². The normalized spacial score (nSPS) is 12.5. The average molecular weight is 320 g/mol. The lowest BCUT2D eigenvalue weighted by Crippen LogP contribution is -2.45. The number of rotatable bonds is 7. The summed E-state index contributed by atoms with van der Waals surface area (Å²) in [5.41, 5.74) is 1.08. The van der Waals surface area contributed by atoms with Crippen molar-refractivity contribution in [2.24, 2.45) is 4.99 Å². The molecule has 0 aliphatic heterocycles. The van der Waals surface area contributed by atoms with E-state index in [4.69, 9.17) is 4.74 Å². The van der Waals surface area contributed by atoms with Crippen LogP contribution in [0.25, 0.3) is 0 Å². The number of nitrogens with one attached hydrogen (secondary N) is 2. The molecule has 0 fully saturated rings. The molecule has 0 aromatic heterocycles. The van der Waals surface area contributed by atoms with E-state index in [-0.39, 0.29) is 18.5 Å². The predicted octanol–water partition coefficient (Wildman–Crippen LogP) is 1.62. The van der Waals surface area contributed by atoms with Gasteiger partial charge in [0.05, 0.1) is 20.2 Å². The predicted molar refractivity (Wildman–Crippen MR) is 93.7 cm³/mol. The van der Waals surface area contributed by atoms with Gasteiger partial charge in [-0.3, -0.25) is 4.79 Å². The fraction of sp³-hybridized carbons (Fsp3) is 0.529. The van der Waals surface area contributed by atoms with Crippen LogP contribution in [0, 0.1) is 0 Å². The van der Waals surface area contributed by atoms with Crippen LogP contribution in [0.1, 0.15) is 25.8 Å². The maximum atomic E-state index is 11.7. The van der Waals surface area contributed by atoms with Crippen molar-refractivity contribution in [2.75, 3.05) is 27.7 Å². The summed E-state index contributed by atoms with van der Waals surface area (Å²) in [5.74, 6) is 1.48. The molecule has 0 bridgehead atoms. The Morgan fingerprint density at radius 2 is 1.96 bits per heavy atom. The number of likely N-dealkylation sites (N-methyl/N-ethyl adjacent to an activating group) is 1. The van der Waals surface area contributed by atoms with E-state index in [1.807, 2.05) is 24.3 Å². The van der Waals surface area contributed by atoms with Gasteiger partial charge in [0.2, 0.25) is 5.91 Å². The fourth-order valence-corrected chi connectivity index (χ4v) is 1.71. The van der Waals surface area contributed by atoms with Crippen molar-refractivity contribution in [3.05, 3.63) is 29.8 Å². The van der Waals surface area contributed by atoms with Gasteiger partial charge in [0.25, 0.3) is 0 Å². The molecule has 6 heteroatoms. The molecule has 0 radical (unpaired) electrons. The first kappa shape index (κ1) is 18.8. The molecule has 1 aromatic rings. The Morgan fingerprint density at radius 1 is 1.30 bits per heavy atom. The van der Waals surface area contributed by atoms with E-state index >= 15 is 0 Å². The molecule has 1 unspecified atom stereocenters. The highest BCUT2D eigenvalue weighted by Crippen LogP contribution is 2.11. The third-order valence-corrected chi connectivity index (χ3v) is 3.48. The van der Waals surface area contributed by atoms with Crippen LogP contribution in [0.15, 0.2) is 29.3 Å². The van der Waals surface area contributed by atoms with Gasteiger partial charge in [-0.2, -0.15) is 0 Å². The summed E-state index contributed by atoms with van der Waals surface area (Å²) < 4.78 is 5.15. The van der Waals surface area contributed by atoms with Gasteiger partial charge in [-0.05, 0) is 31.0 Å². The molecule has 1 atom stereocenters. The molecule has 1 rings (SSSR count). The number of benzene rings is 1. The minimum Gasteiger partial charge on any atom is -0.497 e. The molecule has 0 saturated carbocycles. The molecule has 0 aliphatic rings. The van der Waals surface area contributed by atoms with Crippen molar-refractivity contribution in [3.63, 3.8) is 0 Å². The molecule has 128 valence electrons. The Balaban J connectivity index is 2.70. The molecule has 0 saturated heterocycles. The monoisotopic (exact) mass is 320 g/mol. The average Bonchev–Trinajstić information content (AvgIpc) is 2.56. The van der Waals surface area contributed by atoms with Crippen molar-refractivity contribution in [1.82, 2.24) is 15.5 Å². The fourth-order valence-electron chi connectivity index (χ4n) is 1.71. The molecule has 23 heavy (non-hydrogen) atoms. The number of hydrogen-bond donors (Lipinski definition) is 2. The highest BCUT2D eigenvalue weighted by molar-refractivity contribution is 5.86. The largest absolute Gasteiger partial charge is 0.497 e. The lowest BCUT2D eigenvalue weighted by molar-refractivity contribution is -0.127. The molecule has 0 heterocycles. The summed E-state index contributed by atoms with van der Waals surface area (Å²) in [6.07, 6.45) is 0.977. The van der Waals surface area contributed by atoms with E-state index in [1.54, 1.807) is 26.1 Å². The number of hydrogen-bond acceptors (Lipinski definition) is 3. The standard InChI is InChI=1S/C17H28N4O2/c1-6-13(2)20-17(19-12-16(22)21(3)4)18-11-14-7-9-15(23-5)10-8-14/h7-10,13H,6,11-12H2,1-5H3,(H2,18,19,20). The van der Waals surface area contributed by atoms with Crippen LogP contribution in [0.3, 0.4) is 0 Å². The van der Waals surface area contributed by atoms with Crippen LogP contribution >= 0.6 is 0 Å². The van der Waals surface area contributed by atoms with Gasteiger partial charge < -0.3 is 20.3 Å². The van der Waals surface area contributed by atoms with E-state index in [2.05, 4.69) is 29.5 Å². The number of methoxy groups -OCH3 is 1. The van der Waals surface area contributed by atoms with Crippen LogP contribution in [0.4, 0.5) is 0 Å². The quantitative estimate of drug-likeness (QED) is 0.592. The summed E-state index contributed by atoms with van der Waals surface area (Å²) in [6, 6.07) is 8.07. The lowest BCUT2D eigenvalue weighted by Gasteiger charge is -2.18. The number of amides is 1. The van der Waals surface area contributed by atoms with Gasteiger partial charge >= 0.3 is 0 Å². The zero-order valence-corrected chi connectivity index (χ0v) is 14.7. The molecule has 1 amide bonds. The molecular formula is C17H28N4O2. The van der Waals surface area contributed by atoms with E-state index in [0.29, 0.717) is 12.5 Å². The smallest absolute Gasteiger partial charge is 0.241 e. The van der Waals surface area contributed by atoms with Crippen LogP contribution in [-0.4, -0.2) is 50.6 Å². The maximum absolute atomic E-state index is 11.7. The first-order valence-corrected chi connectivity index (χ1v) is 7.84. The Kier molecular flexibility index (Phi) is 7.94. The third kappa shape index (κ3) is 7.04. The first-order valence-electron chi connectivity index (χ1n) is 7.84. The number of nitrogens with zero attached hydrogens (tertiary/aromatic N) is 2. The van der Waals surface area contributed by atoms with Crippen molar-refractivity contribution in [3.8, 4) is 5.75 Å². The molecular weight excluding hydrogens is 292 g/mol. The summed E-state index contributed by atoms with van der Waals surface area (Å²) in [4.78, 5) is 17.8. The topological polar surface area (TPSA) is 66.0 Å². The van der Waals surface area contributed by atoms with Gasteiger partial charge in [-0.25, -0.2) is 4.99 Å². The molecule has 0 spiro atoms. The van der Waals surface area contributed by atoms with Crippen LogP contribution < -0.4 is 15.4 Å². The highest BCUT2D eigenvalue weighted by atomic mass is 16.5. The van der Waals surface area contributed by atoms with Crippen LogP contribution in [-0.2, 0) is 11.3 Å². The second-order valence-electron chi connectivity index (χ2n) is 5.61. The molecule has 2 N–H and O–H groups in total. The van der Waals surface area contributed by atoms with Gasteiger partial charge in [-0.15, -0.1) is 0 Å². The summed E-state index contributed by atoms with van der Waals surface area (Å²) in [7, 11) is 5.12. The maximum Gasteiger partial charge on any atom is 0.241 e. The summed E-state index contributed by atoms with van der Waals surface area (Å²) in [6.45, 7) is 4.94. The highest BCUT2D eigenvalue weighted by Gasteiger charge is 2.08. The van der Waals surface area contributed by atoms with Crippen LogP contribution in [0.5, 0.6) is 5.75 Å². The molecule has 0 aliphatic carbocycles. The van der Waals surface area contributed by atoms with Crippen molar-refractivity contribution < 1.29 is 9.53 Å². The second-order valence-corrected chi connectivity index (χ2v) is 5.61. The Hall–Kier alpha value is -2.24. The van der Waals surface area contributed by atoms with E-state index in [1.165, 1.54) is 0 Å². The SMILES string of the molecule is CCC(C)NC(=NCc1ccc(OC)cc1)NCC(=O)N(C)C. The van der Waals surface area contributed by atoms with Gasteiger partial charge in [0.15, 0.2) is 5.96 Å². The zero-order valence-electron chi connectivity index (χ0n) is 14.7. The lowest BCUT2D eigenvalue weighted by atomic mass is 10.2. The Bertz CT molecular complexity index is 512. The number of ether oxygens (including phenoxy) is 1. The first-order chi connectivity index (χ1) is 11.0. The third-order valence-electron chi connectivity index (χ3n) is 3.48. The van der Waals surface area contributed by atoms with Gasteiger partial charge in [-0.1, -0.05) is 19.1 Å². The summed E-state index contributed by atoms with van der Waals surface area (Å²) >= 11 is 0. The minimum atomic E-state index is 0.00750. The van der Waals surface area contributed by atoms with Crippen molar-refractivity contribution in [1.29, 1.82) is 0 Å². The number of carbonyl (C=O) groups is 1. The van der Waals surface area contributed by atoms with Gasteiger partial charge in [0, 0.05) is 20.1 Å². The van der Waals surface area contributed by atoms with E-state index in [9.17, 15) is 4.79 Å². The molecule has 1 aromatic carbocycles. The number of carbonyl (C=O) groups excluding carboxylic acids is 1. The van der Waals surface area contributed by atoms with E-state index in [0.717, 1.165) is 17.7 Å². The Morgan fingerprint density at radius 3 is 2.48 bits per heavy atom. The molecule has 6 nitrogen and oxygen atoms in total. The van der Waals surface area contributed by atoms with Crippen molar-refractivity contribution >= 4 is 11.9 Å². The summed E-state index contributed by atoms with van der Waals surface area (Å²) in [5, 5.41) is 6.38. The number of aliphatic imine (C=N–C) groups is 1. The Labute approximate surface area is 138 Å². The van der Waals surface area contributed by atoms with Crippen molar-refractivity contribution in [2.45, 2.75) is 32.9 Å². The van der Waals surface area contributed by atoms with E-state index < -0.39 is 0 Å². The number of guanidine groups is 1. The zero-order chi connectivity index (χ0) is 17.2. The van der Waals surface area contributed by atoms with Crippen LogP contribution in [0.2, 0.25) is 0 Å².